The van der Waals surface area contributed by atoms with Gasteiger partial charge in [-0.15, -0.1) is 10.2 Å². The maximum Gasteiger partial charge on any atom is 0.291 e. The number of hydrogen-bond donors (Lipinski definition) is 1. The number of nitrogens with zero attached hydrogens (tertiary/aromatic N) is 7. The summed E-state index contributed by atoms with van der Waals surface area (Å²) in [5.74, 6) is 0.0716. The van der Waals surface area contributed by atoms with Gasteiger partial charge in [-0.2, -0.15) is 15.1 Å². The highest BCUT2D eigenvalue weighted by Crippen LogP contribution is 2.39. The second kappa shape index (κ2) is 10.0. The van der Waals surface area contributed by atoms with Crippen molar-refractivity contribution in [1.82, 2.24) is 34.5 Å². The molecule has 11 nitrogen and oxygen atoms in total. The van der Waals surface area contributed by atoms with Gasteiger partial charge in [0, 0.05) is 50.1 Å². The van der Waals surface area contributed by atoms with Gasteiger partial charge >= 0.3 is 0 Å². The number of amides is 1. The molecule has 2 bridgehead atoms. The lowest BCUT2D eigenvalue weighted by Gasteiger charge is -2.42. The fourth-order valence-electron chi connectivity index (χ4n) is 6.03. The lowest BCUT2D eigenvalue weighted by molar-refractivity contribution is -0.140. The van der Waals surface area contributed by atoms with E-state index in [9.17, 15) is 27.3 Å². The van der Waals surface area contributed by atoms with Gasteiger partial charge in [-0.25, -0.2) is 17.2 Å². The van der Waals surface area contributed by atoms with E-state index >= 15 is 0 Å². The highest BCUT2D eigenvalue weighted by molar-refractivity contribution is 7.89. The molecule has 2 aliphatic heterocycles. The smallest absolute Gasteiger partial charge is 0.291 e. The number of nitriles is 1. The summed E-state index contributed by atoms with van der Waals surface area (Å²) >= 11 is 0.711. The van der Waals surface area contributed by atoms with Crippen LogP contribution < -0.4 is 4.72 Å². The van der Waals surface area contributed by atoms with Gasteiger partial charge in [0.15, 0.2) is 10.0 Å². The summed E-state index contributed by atoms with van der Waals surface area (Å²) in [6.07, 6.45) is -0.0887. The van der Waals surface area contributed by atoms with Crippen LogP contribution in [0.1, 0.15) is 56.5 Å². The number of halogens is 2. The first-order valence-corrected chi connectivity index (χ1v) is 15.8. The fourth-order valence-corrected chi connectivity index (χ4v) is 8.18. The number of hydrogen-bond acceptors (Lipinski definition) is 9. The average molecular weight is 605 g/mol. The van der Waals surface area contributed by atoms with E-state index < -0.39 is 27.0 Å². The Balaban J connectivity index is 1.41. The zero-order valence-corrected chi connectivity index (χ0v) is 24.5. The van der Waals surface area contributed by atoms with Crippen molar-refractivity contribution in [3.8, 4) is 16.8 Å². The third kappa shape index (κ3) is 5.00. The highest BCUT2D eigenvalue weighted by atomic mass is 32.2. The number of sulfonamides is 1. The molecular weight excluding hydrogens is 574 g/mol. The van der Waals surface area contributed by atoms with E-state index in [0.29, 0.717) is 60.3 Å². The average Bonchev–Trinajstić information content (AvgIpc) is 3.23. The number of benzene rings is 1. The third-order valence-corrected chi connectivity index (χ3v) is 10.6. The molecule has 2 atom stereocenters. The zero-order valence-electron chi connectivity index (χ0n) is 22.8. The van der Waals surface area contributed by atoms with E-state index in [2.05, 4.69) is 31.0 Å². The third-order valence-electron chi connectivity index (χ3n) is 8.13. The van der Waals surface area contributed by atoms with E-state index in [1.165, 1.54) is 6.07 Å². The summed E-state index contributed by atoms with van der Waals surface area (Å²) in [4.78, 5) is 17.1. The molecule has 3 aliphatic rings. The van der Waals surface area contributed by atoms with Crippen LogP contribution in [0.4, 0.5) is 8.78 Å². The van der Waals surface area contributed by atoms with Crippen molar-refractivity contribution < 1.29 is 22.0 Å². The van der Waals surface area contributed by atoms with Crippen molar-refractivity contribution in [3.63, 3.8) is 0 Å². The molecule has 0 spiro atoms. The first-order chi connectivity index (χ1) is 19.4. The van der Waals surface area contributed by atoms with Gasteiger partial charge in [-0.1, -0.05) is 25.2 Å². The van der Waals surface area contributed by atoms with Gasteiger partial charge < -0.3 is 4.90 Å². The number of carbonyl (C=O) groups is 1. The van der Waals surface area contributed by atoms with E-state index in [1.54, 1.807) is 17.8 Å². The molecule has 15 heteroatoms. The molecule has 2 aromatic heterocycles. The van der Waals surface area contributed by atoms with E-state index in [1.807, 2.05) is 18.7 Å². The number of fused-ring (bicyclic) bond motifs is 3. The first-order valence-electron chi connectivity index (χ1n) is 13.5. The van der Waals surface area contributed by atoms with Crippen LogP contribution in [0, 0.1) is 17.2 Å². The molecule has 0 radical (unpaired) electrons. The second-order valence-electron chi connectivity index (χ2n) is 11.5. The van der Waals surface area contributed by atoms with Crippen molar-refractivity contribution in [3.05, 3.63) is 22.7 Å². The summed E-state index contributed by atoms with van der Waals surface area (Å²) < 4.78 is 57.7. The van der Waals surface area contributed by atoms with Crippen molar-refractivity contribution >= 4 is 38.2 Å². The largest absolute Gasteiger partial charge is 0.334 e. The van der Waals surface area contributed by atoms with Crippen LogP contribution in [0.5, 0.6) is 0 Å². The van der Waals surface area contributed by atoms with Gasteiger partial charge in [0.05, 0.1) is 16.5 Å². The number of aryl methyl sites for hydroxylation is 1. The molecule has 2 saturated heterocycles. The van der Waals surface area contributed by atoms with Crippen molar-refractivity contribution in [2.24, 2.45) is 13.0 Å². The number of piperazine rings is 1. The summed E-state index contributed by atoms with van der Waals surface area (Å²) in [6.45, 7) is 5.53. The molecular formula is C26H30F2N8O3S2. The van der Waals surface area contributed by atoms with Gasteiger partial charge in [-0.3, -0.25) is 14.4 Å². The Hall–Kier alpha value is -3.06. The summed E-state index contributed by atoms with van der Waals surface area (Å²) in [5.41, 5.74) is 0.490. The molecule has 1 aromatic carbocycles. The Bertz CT molecular complexity index is 1660. The molecule has 1 saturated carbocycles. The molecule has 218 valence electrons. The van der Waals surface area contributed by atoms with Crippen LogP contribution in [0.3, 0.4) is 0 Å². The van der Waals surface area contributed by atoms with Gasteiger partial charge in [0.2, 0.25) is 15.9 Å². The second-order valence-corrected chi connectivity index (χ2v) is 14.2. The predicted octanol–water partition coefficient (Wildman–Crippen LogP) is 3.20. The summed E-state index contributed by atoms with van der Waals surface area (Å²) in [5, 5.41) is 21.7. The van der Waals surface area contributed by atoms with Gasteiger partial charge in [0.1, 0.15) is 11.2 Å². The number of aromatic nitrogens is 4. The molecule has 3 fully saturated rings. The zero-order chi connectivity index (χ0) is 29.3. The monoisotopic (exact) mass is 604 g/mol. The lowest BCUT2D eigenvalue weighted by Crippen LogP contribution is -2.56. The molecule has 4 heterocycles. The SMILES string of the molecule is CC(C)C(=O)N1C2CCC1CN(Cc1cc(S(=O)(=O)NC3(C#N)CC3)cc3c(-c4nnc(C(F)F)s4)nn(C)c13)C2. The first kappa shape index (κ1) is 28.1. The number of carbonyl (C=O) groups excluding carboxylic acids is 1. The maximum atomic E-state index is 13.5. The fraction of sp³-hybridized carbons (Fsp3) is 0.577. The van der Waals surface area contributed by atoms with Crippen LogP contribution in [0.2, 0.25) is 0 Å². The minimum absolute atomic E-state index is 0.0361. The van der Waals surface area contributed by atoms with Crippen LogP contribution in [0.15, 0.2) is 17.0 Å². The molecule has 1 N–H and O–H groups in total. The molecule has 1 aliphatic carbocycles. The Morgan fingerprint density at radius 1 is 1.22 bits per heavy atom. The Morgan fingerprint density at radius 3 is 2.46 bits per heavy atom. The highest BCUT2D eigenvalue weighted by Gasteiger charge is 2.47. The van der Waals surface area contributed by atoms with E-state index in [-0.39, 0.29) is 39.5 Å². The van der Waals surface area contributed by atoms with Crippen LogP contribution in [-0.4, -0.2) is 74.8 Å². The molecule has 41 heavy (non-hydrogen) atoms. The normalized spacial score (nSPS) is 22.1. The van der Waals surface area contributed by atoms with Gasteiger partial charge in [-0.05, 0) is 43.4 Å². The van der Waals surface area contributed by atoms with Gasteiger partial charge in [0.25, 0.3) is 6.43 Å². The lowest BCUT2D eigenvalue weighted by atomic mass is 10.1. The van der Waals surface area contributed by atoms with Crippen molar-refractivity contribution in [1.29, 1.82) is 5.26 Å². The molecule has 2 unspecified atom stereocenters. The minimum Gasteiger partial charge on any atom is -0.334 e. The number of alkyl halides is 2. The number of rotatable bonds is 8. The summed E-state index contributed by atoms with van der Waals surface area (Å²) in [6, 6.07) is 5.30. The topological polar surface area (TPSA) is 137 Å². The van der Waals surface area contributed by atoms with Crippen LogP contribution >= 0.6 is 11.3 Å². The maximum absolute atomic E-state index is 13.5. The van der Waals surface area contributed by atoms with E-state index in [4.69, 9.17) is 0 Å². The quantitative estimate of drug-likeness (QED) is 0.414. The standard InChI is InChI=1S/C26H30F2N8O3S2/c1-14(2)25(37)36-16-4-5-17(36)12-35(11-16)10-15-8-18(41(38,39)33-26(13-29)6-7-26)9-19-20(32-34(3)21(15)19)23-30-31-24(40-23)22(27)28/h8-9,14,16-17,22,33H,4-7,10-12H2,1-3H3. The molecule has 6 rings (SSSR count). The number of likely N-dealkylation sites (tertiary alicyclic amines) is 1. The Kier molecular flexibility index (Phi) is 6.88. The molecule has 3 aromatic rings. The Morgan fingerprint density at radius 2 is 1.90 bits per heavy atom. The summed E-state index contributed by atoms with van der Waals surface area (Å²) in [7, 11) is -2.38. The van der Waals surface area contributed by atoms with Crippen molar-refractivity contribution in [2.45, 2.75) is 75.0 Å². The minimum atomic E-state index is -4.09. The Labute approximate surface area is 240 Å². The van der Waals surface area contributed by atoms with Crippen LogP contribution in [-0.2, 0) is 28.4 Å². The molecule has 1 amide bonds. The van der Waals surface area contributed by atoms with Crippen LogP contribution in [0.25, 0.3) is 21.6 Å². The van der Waals surface area contributed by atoms with E-state index in [0.717, 1.165) is 12.8 Å². The number of nitrogens with one attached hydrogen (secondary N) is 1. The van der Waals surface area contributed by atoms with Crippen molar-refractivity contribution in [2.75, 3.05) is 13.1 Å². The predicted molar refractivity (Wildman–Crippen MR) is 146 cm³/mol.